The van der Waals surface area contributed by atoms with Crippen LogP contribution in [0.3, 0.4) is 0 Å². The molecule has 1 aliphatic heterocycles. The standard InChI is InChI=1S/C17H20BrN5O2/c18-14-3-1-2-13(10-14)17(24)20-5-4-19-15-11-16(22-12-21-15)23-6-8-25-9-7-23/h1-3,10-12H,4-9H2,(H,20,24)(H,19,21,22). The summed E-state index contributed by atoms with van der Waals surface area (Å²) in [6, 6.07) is 9.22. The third-order valence-electron chi connectivity index (χ3n) is 3.79. The lowest BCUT2D eigenvalue weighted by molar-refractivity contribution is 0.0955. The Hall–Kier alpha value is -2.19. The van der Waals surface area contributed by atoms with Crippen LogP contribution in [0.15, 0.2) is 41.1 Å². The Kier molecular flexibility index (Phi) is 6.19. The van der Waals surface area contributed by atoms with Gasteiger partial charge in [-0.25, -0.2) is 9.97 Å². The number of morpholine rings is 1. The topological polar surface area (TPSA) is 79.4 Å². The molecule has 8 heteroatoms. The quantitative estimate of drug-likeness (QED) is 0.714. The SMILES string of the molecule is O=C(NCCNc1cc(N2CCOCC2)ncn1)c1cccc(Br)c1. The van der Waals surface area contributed by atoms with E-state index in [1.807, 2.05) is 18.2 Å². The first-order chi connectivity index (χ1) is 12.2. The molecule has 0 radical (unpaired) electrons. The van der Waals surface area contributed by atoms with Gasteiger partial charge in [0.2, 0.25) is 0 Å². The fraction of sp³-hybridized carbons (Fsp3) is 0.353. The van der Waals surface area contributed by atoms with Crippen LogP contribution in [0.1, 0.15) is 10.4 Å². The van der Waals surface area contributed by atoms with E-state index in [1.54, 1.807) is 18.5 Å². The van der Waals surface area contributed by atoms with Crippen LogP contribution in [0.5, 0.6) is 0 Å². The Labute approximate surface area is 154 Å². The summed E-state index contributed by atoms with van der Waals surface area (Å²) < 4.78 is 6.24. The van der Waals surface area contributed by atoms with Crippen molar-refractivity contribution in [3.05, 3.63) is 46.7 Å². The second-order valence-corrected chi connectivity index (χ2v) is 6.47. The molecule has 2 heterocycles. The second kappa shape index (κ2) is 8.77. The van der Waals surface area contributed by atoms with E-state index in [-0.39, 0.29) is 5.91 Å². The molecule has 1 aromatic carbocycles. The molecule has 1 saturated heterocycles. The van der Waals surface area contributed by atoms with E-state index < -0.39 is 0 Å². The molecule has 2 N–H and O–H groups in total. The van der Waals surface area contributed by atoms with E-state index in [1.165, 1.54) is 0 Å². The summed E-state index contributed by atoms with van der Waals surface area (Å²) in [6.07, 6.45) is 1.55. The van der Waals surface area contributed by atoms with Crippen LogP contribution >= 0.6 is 15.9 Å². The lowest BCUT2D eigenvalue weighted by atomic mass is 10.2. The highest BCUT2D eigenvalue weighted by atomic mass is 79.9. The van der Waals surface area contributed by atoms with E-state index in [0.29, 0.717) is 31.9 Å². The van der Waals surface area contributed by atoms with E-state index in [9.17, 15) is 4.79 Å². The van der Waals surface area contributed by atoms with Crippen molar-refractivity contribution in [1.29, 1.82) is 0 Å². The molecule has 0 spiro atoms. The summed E-state index contributed by atoms with van der Waals surface area (Å²) in [5.74, 6) is 1.53. The monoisotopic (exact) mass is 405 g/mol. The molecule has 0 unspecified atom stereocenters. The third kappa shape index (κ3) is 5.14. The zero-order valence-corrected chi connectivity index (χ0v) is 15.3. The molecule has 1 aliphatic rings. The van der Waals surface area contributed by atoms with E-state index >= 15 is 0 Å². The third-order valence-corrected chi connectivity index (χ3v) is 4.28. The van der Waals surface area contributed by atoms with Crippen molar-refractivity contribution in [3.63, 3.8) is 0 Å². The Bertz CT molecular complexity index is 722. The first kappa shape index (κ1) is 17.6. The maximum Gasteiger partial charge on any atom is 0.251 e. The normalized spacial score (nSPS) is 14.2. The number of hydrogen-bond donors (Lipinski definition) is 2. The van der Waals surface area contributed by atoms with E-state index in [2.05, 4.69) is 41.4 Å². The van der Waals surface area contributed by atoms with Crippen LogP contribution in [-0.2, 0) is 4.74 Å². The summed E-state index contributed by atoms with van der Waals surface area (Å²) in [4.78, 5) is 22.8. The van der Waals surface area contributed by atoms with Gasteiger partial charge in [-0.2, -0.15) is 0 Å². The van der Waals surface area contributed by atoms with E-state index in [4.69, 9.17) is 4.74 Å². The summed E-state index contributed by atoms with van der Waals surface area (Å²) in [7, 11) is 0. The number of hydrogen-bond acceptors (Lipinski definition) is 6. The van der Waals surface area contributed by atoms with Gasteiger partial charge < -0.3 is 20.3 Å². The van der Waals surface area contributed by atoms with Crippen LogP contribution < -0.4 is 15.5 Å². The van der Waals surface area contributed by atoms with Gasteiger partial charge in [-0.15, -0.1) is 0 Å². The van der Waals surface area contributed by atoms with Crippen LogP contribution in [0.25, 0.3) is 0 Å². The zero-order chi connectivity index (χ0) is 17.5. The summed E-state index contributed by atoms with van der Waals surface area (Å²) in [5.41, 5.74) is 0.631. The van der Waals surface area contributed by atoms with Gasteiger partial charge in [-0.05, 0) is 18.2 Å². The number of nitrogens with zero attached hydrogens (tertiary/aromatic N) is 3. The number of benzene rings is 1. The largest absolute Gasteiger partial charge is 0.378 e. The van der Waals surface area contributed by atoms with Crippen molar-refractivity contribution in [3.8, 4) is 0 Å². The number of halogens is 1. The fourth-order valence-electron chi connectivity index (χ4n) is 2.51. The zero-order valence-electron chi connectivity index (χ0n) is 13.7. The number of aromatic nitrogens is 2. The number of anilines is 2. The van der Waals surface area contributed by atoms with Gasteiger partial charge in [0.1, 0.15) is 18.0 Å². The van der Waals surface area contributed by atoms with Gasteiger partial charge in [0.05, 0.1) is 13.2 Å². The van der Waals surface area contributed by atoms with Crippen LogP contribution in [0, 0.1) is 0 Å². The van der Waals surface area contributed by atoms with Crippen molar-refractivity contribution in [1.82, 2.24) is 15.3 Å². The van der Waals surface area contributed by atoms with Gasteiger partial charge in [-0.1, -0.05) is 22.0 Å². The Morgan fingerprint density at radius 1 is 1.20 bits per heavy atom. The minimum atomic E-state index is -0.0974. The molecule has 0 saturated carbocycles. The molecule has 3 rings (SSSR count). The molecule has 1 aromatic heterocycles. The predicted octanol–water partition coefficient (Wildman–Crippen LogP) is 1.92. The van der Waals surface area contributed by atoms with Gasteiger partial charge in [0.25, 0.3) is 5.91 Å². The summed E-state index contributed by atoms with van der Waals surface area (Å²) in [5, 5.41) is 6.09. The highest BCUT2D eigenvalue weighted by Gasteiger charge is 2.13. The van der Waals surface area contributed by atoms with Crippen molar-refractivity contribution >= 4 is 33.5 Å². The van der Waals surface area contributed by atoms with Crippen molar-refractivity contribution in [2.45, 2.75) is 0 Å². The molecular weight excluding hydrogens is 386 g/mol. The molecule has 0 bridgehead atoms. The molecule has 1 fully saturated rings. The maximum absolute atomic E-state index is 12.1. The highest BCUT2D eigenvalue weighted by Crippen LogP contribution is 2.15. The molecule has 132 valence electrons. The highest BCUT2D eigenvalue weighted by molar-refractivity contribution is 9.10. The lowest BCUT2D eigenvalue weighted by Crippen LogP contribution is -2.36. The molecular formula is C17H20BrN5O2. The van der Waals surface area contributed by atoms with Crippen LogP contribution in [0.4, 0.5) is 11.6 Å². The van der Waals surface area contributed by atoms with Crippen LogP contribution in [-0.4, -0.2) is 55.3 Å². The number of nitrogens with one attached hydrogen (secondary N) is 2. The number of carbonyl (C=O) groups is 1. The second-order valence-electron chi connectivity index (χ2n) is 5.55. The number of carbonyl (C=O) groups excluding carboxylic acids is 1. The fourth-order valence-corrected chi connectivity index (χ4v) is 2.91. The van der Waals surface area contributed by atoms with Gasteiger partial charge in [0, 0.05) is 42.3 Å². The average Bonchev–Trinajstić information content (AvgIpc) is 2.66. The van der Waals surface area contributed by atoms with Crippen molar-refractivity contribution in [2.24, 2.45) is 0 Å². The maximum atomic E-state index is 12.1. The average molecular weight is 406 g/mol. The Morgan fingerprint density at radius 3 is 2.84 bits per heavy atom. The van der Waals surface area contributed by atoms with Crippen LogP contribution in [0.2, 0.25) is 0 Å². The molecule has 1 amide bonds. The number of rotatable bonds is 6. The van der Waals surface area contributed by atoms with Gasteiger partial charge in [-0.3, -0.25) is 4.79 Å². The minimum Gasteiger partial charge on any atom is -0.378 e. The first-order valence-corrected chi connectivity index (χ1v) is 8.94. The molecule has 7 nitrogen and oxygen atoms in total. The van der Waals surface area contributed by atoms with Gasteiger partial charge in [0.15, 0.2) is 0 Å². The summed E-state index contributed by atoms with van der Waals surface area (Å²) in [6.45, 7) is 4.18. The Morgan fingerprint density at radius 2 is 2.04 bits per heavy atom. The first-order valence-electron chi connectivity index (χ1n) is 8.15. The Balaban J connectivity index is 1.46. The smallest absolute Gasteiger partial charge is 0.251 e. The van der Waals surface area contributed by atoms with Crippen molar-refractivity contribution in [2.75, 3.05) is 49.6 Å². The predicted molar refractivity (Wildman–Crippen MR) is 100 cm³/mol. The molecule has 0 aliphatic carbocycles. The van der Waals surface area contributed by atoms with Crippen molar-refractivity contribution < 1.29 is 9.53 Å². The van der Waals surface area contributed by atoms with E-state index in [0.717, 1.165) is 29.2 Å². The molecule has 0 atom stereocenters. The molecule has 2 aromatic rings. The number of amides is 1. The molecule has 25 heavy (non-hydrogen) atoms. The summed E-state index contributed by atoms with van der Waals surface area (Å²) >= 11 is 3.36. The number of ether oxygens (including phenoxy) is 1. The minimum absolute atomic E-state index is 0.0974. The lowest BCUT2D eigenvalue weighted by Gasteiger charge is -2.27. The van der Waals surface area contributed by atoms with Gasteiger partial charge >= 0.3 is 0 Å².